The first kappa shape index (κ1) is 33.4. The lowest BCUT2D eigenvalue weighted by Gasteiger charge is -2.33. The lowest BCUT2D eigenvalue weighted by Crippen LogP contribution is -2.52. The summed E-state index contributed by atoms with van der Waals surface area (Å²) in [6.45, 7) is 7.78. The Balaban J connectivity index is 2.04. The molecule has 0 aliphatic rings. The molecule has 3 aromatic carbocycles. The molecule has 1 unspecified atom stereocenters. The Morgan fingerprint density at radius 1 is 0.953 bits per heavy atom. The van der Waals surface area contributed by atoms with E-state index in [1.165, 1.54) is 48.4 Å². The molecule has 43 heavy (non-hydrogen) atoms. The van der Waals surface area contributed by atoms with Gasteiger partial charge in [-0.3, -0.25) is 13.9 Å². The van der Waals surface area contributed by atoms with Gasteiger partial charge >= 0.3 is 0 Å². The van der Waals surface area contributed by atoms with E-state index in [0.717, 1.165) is 16.4 Å². The molecule has 0 spiro atoms. The predicted molar refractivity (Wildman–Crippen MR) is 164 cm³/mol. The molecular formula is C32H40FN3O6S. The molecule has 3 rings (SSSR count). The van der Waals surface area contributed by atoms with Crippen LogP contribution >= 0.6 is 0 Å². The van der Waals surface area contributed by atoms with E-state index in [0.29, 0.717) is 36.6 Å². The Kier molecular flexibility index (Phi) is 11.9. The standard InChI is InChI=1S/C32H40FN3O6S/c1-6-30(32(38)34-20-23(3)4)35(21-24-9-8-10-28(19-24)41-5)31(37)22-36(26-13-11-25(33)12-14-26)43(39,40)29-17-15-27(16-18-29)42-7-2/h8-19,23,30H,6-7,20-22H2,1-5H3,(H,34,38). The van der Waals surface area contributed by atoms with E-state index in [-0.39, 0.29) is 29.0 Å². The van der Waals surface area contributed by atoms with Crippen molar-refractivity contribution in [1.29, 1.82) is 0 Å². The Hall–Kier alpha value is -4.12. The van der Waals surface area contributed by atoms with Crippen LogP contribution in [-0.2, 0) is 26.2 Å². The molecule has 232 valence electrons. The number of hydrogen-bond acceptors (Lipinski definition) is 6. The minimum absolute atomic E-state index is 0.0317. The van der Waals surface area contributed by atoms with Gasteiger partial charge in [0.05, 0.1) is 24.3 Å². The molecule has 2 amide bonds. The number of amides is 2. The van der Waals surface area contributed by atoms with Crippen LogP contribution < -0.4 is 19.1 Å². The number of hydrogen-bond donors (Lipinski definition) is 1. The fourth-order valence-corrected chi connectivity index (χ4v) is 5.86. The molecular weight excluding hydrogens is 573 g/mol. The molecule has 3 aromatic rings. The lowest BCUT2D eigenvalue weighted by molar-refractivity contribution is -0.140. The first-order chi connectivity index (χ1) is 20.5. The zero-order chi connectivity index (χ0) is 31.6. The van der Waals surface area contributed by atoms with Crippen molar-refractivity contribution in [3.63, 3.8) is 0 Å². The van der Waals surface area contributed by atoms with Crippen LogP contribution in [-0.4, -0.2) is 58.0 Å². The van der Waals surface area contributed by atoms with Crippen molar-refractivity contribution in [2.45, 2.75) is 51.6 Å². The van der Waals surface area contributed by atoms with Crippen LogP contribution in [0.4, 0.5) is 10.1 Å². The summed E-state index contributed by atoms with van der Waals surface area (Å²) in [6, 6.07) is 16.9. The summed E-state index contributed by atoms with van der Waals surface area (Å²) in [5.41, 5.74) is 0.799. The molecule has 0 fully saturated rings. The monoisotopic (exact) mass is 613 g/mol. The van der Waals surface area contributed by atoms with Gasteiger partial charge in [-0.2, -0.15) is 0 Å². The van der Waals surface area contributed by atoms with E-state index in [1.807, 2.05) is 20.8 Å². The van der Waals surface area contributed by atoms with Crippen LogP contribution in [0, 0.1) is 11.7 Å². The fourth-order valence-electron chi connectivity index (χ4n) is 4.45. The summed E-state index contributed by atoms with van der Waals surface area (Å²) in [7, 11) is -2.77. The van der Waals surface area contributed by atoms with Gasteiger partial charge in [-0.05, 0) is 85.5 Å². The van der Waals surface area contributed by atoms with Gasteiger partial charge in [0.25, 0.3) is 10.0 Å². The first-order valence-corrected chi connectivity index (χ1v) is 15.6. The van der Waals surface area contributed by atoms with Crippen LogP contribution in [0.25, 0.3) is 0 Å². The molecule has 0 saturated heterocycles. The van der Waals surface area contributed by atoms with Crippen molar-refractivity contribution in [1.82, 2.24) is 10.2 Å². The molecule has 0 radical (unpaired) electrons. The molecule has 1 N–H and O–H groups in total. The van der Waals surface area contributed by atoms with Gasteiger partial charge in [0.1, 0.15) is 29.9 Å². The topological polar surface area (TPSA) is 105 Å². The largest absolute Gasteiger partial charge is 0.497 e. The maximum Gasteiger partial charge on any atom is 0.264 e. The third kappa shape index (κ3) is 8.93. The molecule has 9 nitrogen and oxygen atoms in total. The Morgan fingerprint density at radius 3 is 2.21 bits per heavy atom. The van der Waals surface area contributed by atoms with Gasteiger partial charge in [-0.15, -0.1) is 0 Å². The second kappa shape index (κ2) is 15.4. The number of carbonyl (C=O) groups is 2. The highest BCUT2D eigenvalue weighted by molar-refractivity contribution is 7.92. The number of nitrogens with zero attached hydrogens (tertiary/aromatic N) is 2. The van der Waals surface area contributed by atoms with Crippen molar-refractivity contribution < 1.29 is 31.9 Å². The van der Waals surface area contributed by atoms with Crippen molar-refractivity contribution >= 4 is 27.5 Å². The van der Waals surface area contributed by atoms with E-state index >= 15 is 0 Å². The van der Waals surface area contributed by atoms with E-state index in [9.17, 15) is 22.4 Å². The first-order valence-electron chi connectivity index (χ1n) is 14.2. The molecule has 0 saturated carbocycles. The number of rotatable bonds is 15. The quantitative estimate of drug-likeness (QED) is 0.259. The van der Waals surface area contributed by atoms with Crippen LogP contribution in [0.1, 0.15) is 39.7 Å². The van der Waals surface area contributed by atoms with Gasteiger partial charge in [0.15, 0.2) is 0 Å². The van der Waals surface area contributed by atoms with E-state index in [1.54, 1.807) is 31.2 Å². The predicted octanol–water partition coefficient (Wildman–Crippen LogP) is 5.01. The summed E-state index contributed by atoms with van der Waals surface area (Å²) < 4.78 is 53.5. The number of carbonyl (C=O) groups excluding carboxylic acids is 2. The normalized spacial score (nSPS) is 12.0. The molecule has 0 aliphatic heterocycles. The number of methoxy groups -OCH3 is 1. The number of benzene rings is 3. The van der Waals surface area contributed by atoms with Gasteiger partial charge < -0.3 is 19.7 Å². The van der Waals surface area contributed by atoms with Crippen LogP contribution in [0.2, 0.25) is 0 Å². The van der Waals surface area contributed by atoms with Crippen LogP contribution in [0.15, 0.2) is 77.7 Å². The van der Waals surface area contributed by atoms with Crippen molar-refractivity contribution in [2.24, 2.45) is 5.92 Å². The highest BCUT2D eigenvalue weighted by Crippen LogP contribution is 2.27. The van der Waals surface area contributed by atoms with Crippen molar-refractivity contribution in [3.05, 3.63) is 84.2 Å². The van der Waals surface area contributed by atoms with Gasteiger partial charge in [0, 0.05) is 13.1 Å². The number of halogens is 1. The fraction of sp³-hybridized carbons (Fsp3) is 0.375. The van der Waals surface area contributed by atoms with E-state index in [2.05, 4.69) is 5.32 Å². The summed E-state index contributed by atoms with van der Waals surface area (Å²) in [5, 5.41) is 2.90. The maximum absolute atomic E-state index is 14.1. The van der Waals surface area contributed by atoms with Crippen molar-refractivity contribution in [3.8, 4) is 11.5 Å². The average Bonchev–Trinajstić information content (AvgIpc) is 2.99. The highest BCUT2D eigenvalue weighted by atomic mass is 32.2. The molecule has 0 bridgehead atoms. The second-order valence-electron chi connectivity index (χ2n) is 10.3. The molecule has 0 aliphatic carbocycles. The van der Waals surface area contributed by atoms with Gasteiger partial charge in [-0.25, -0.2) is 12.8 Å². The van der Waals surface area contributed by atoms with E-state index in [4.69, 9.17) is 9.47 Å². The summed E-state index contributed by atoms with van der Waals surface area (Å²) >= 11 is 0. The molecule has 1 atom stereocenters. The number of ether oxygens (including phenoxy) is 2. The number of anilines is 1. The second-order valence-corrected chi connectivity index (χ2v) is 12.2. The van der Waals surface area contributed by atoms with Gasteiger partial charge in [0.2, 0.25) is 11.8 Å². The van der Waals surface area contributed by atoms with Gasteiger partial charge in [-0.1, -0.05) is 32.9 Å². The average molecular weight is 614 g/mol. The molecule has 0 aromatic heterocycles. The molecule has 11 heteroatoms. The lowest BCUT2D eigenvalue weighted by atomic mass is 10.1. The van der Waals surface area contributed by atoms with Crippen LogP contribution in [0.5, 0.6) is 11.5 Å². The Labute approximate surface area is 253 Å². The SMILES string of the molecule is CCOc1ccc(S(=O)(=O)N(CC(=O)N(Cc2cccc(OC)c2)C(CC)C(=O)NCC(C)C)c2ccc(F)cc2)cc1. The van der Waals surface area contributed by atoms with Crippen LogP contribution in [0.3, 0.4) is 0 Å². The summed E-state index contributed by atoms with van der Waals surface area (Å²) in [4.78, 5) is 28.8. The summed E-state index contributed by atoms with van der Waals surface area (Å²) in [5.74, 6) is -0.233. The summed E-state index contributed by atoms with van der Waals surface area (Å²) in [6.07, 6.45) is 0.293. The number of sulfonamides is 1. The number of nitrogens with one attached hydrogen (secondary N) is 1. The minimum atomic E-state index is -4.30. The maximum atomic E-state index is 14.1. The zero-order valence-electron chi connectivity index (χ0n) is 25.2. The Bertz CT molecular complexity index is 1460. The van der Waals surface area contributed by atoms with E-state index < -0.39 is 34.3 Å². The zero-order valence-corrected chi connectivity index (χ0v) is 26.1. The molecule has 0 heterocycles. The Morgan fingerprint density at radius 2 is 1.63 bits per heavy atom. The smallest absolute Gasteiger partial charge is 0.264 e. The van der Waals surface area contributed by atoms with Crippen molar-refractivity contribution in [2.75, 3.05) is 31.1 Å². The highest BCUT2D eigenvalue weighted by Gasteiger charge is 2.33. The minimum Gasteiger partial charge on any atom is -0.497 e. The third-order valence-electron chi connectivity index (χ3n) is 6.67. The third-order valence-corrected chi connectivity index (χ3v) is 8.46.